The van der Waals surface area contributed by atoms with Crippen molar-refractivity contribution in [3.8, 4) is 17.6 Å². The van der Waals surface area contributed by atoms with Crippen LogP contribution in [-0.4, -0.2) is 154 Å². The van der Waals surface area contributed by atoms with Gasteiger partial charge in [0.05, 0.1) is 64.3 Å². The molecule has 0 spiro atoms. The minimum atomic E-state index is -1.58. The second kappa shape index (κ2) is 47.4. The number of carbonyl (C=O) groups excluding carboxylic acids is 5. The predicted octanol–water partition coefficient (Wildman–Crippen LogP) is 16.1. The number of likely N-dealkylation sites (tertiary alicyclic amines) is 1. The number of rotatable bonds is 50. The van der Waals surface area contributed by atoms with Crippen LogP contribution in [0.1, 0.15) is 247 Å². The molecule has 14 atom stereocenters. The molecule has 0 aromatic heterocycles. The lowest BCUT2D eigenvalue weighted by Gasteiger charge is -2.43. The fraction of sp³-hybridized carbons (Fsp3) is 0.714. The molecule has 3 aromatic rings. The fourth-order valence-corrected chi connectivity index (χ4v) is 16.8. The molecular weight excluding hydrogens is 1350 g/mol. The van der Waals surface area contributed by atoms with E-state index < -0.39 is 20.2 Å². The Balaban J connectivity index is 0.961. The van der Waals surface area contributed by atoms with Crippen molar-refractivity contribution in [1.82, 2.24) is 25.5 Å². The van der Waals surface area contributed by atoms with Gasteiger partial charge in [-0.2, -0.15) is 5.26 Å². The number of ketones is 1. The van der Waals surface area contributed by atoms with Crippen LogP contribution in [0, 0.1) is 46.8 Å². The second-order valence-corrected chi connectivity index (χ2v) is 31.7. The first kappa shape index (κ1) is 88.3. The second-order valence-electron chi connectivity index (χ2n) is 30.3. The molecule has 3 saturated heterocycles. The van der Waals surface area contributed by atoms with E-state index in [0.29, 0.717) is 164 Å². The summed E-state index contributed by atoms with van der Waals surface area (Å²) in [5.74, 6) is 3.74. The van der Waals surface area contributed by atoms with E-state index in [1.807, 2.05) is 71.6 Å². The molecule has 105 heavy (non-hydrogen) atoms. The van der Waals surface area contributed by atoms with Crippen LogP contribution in [0.3, 0.4) is 0 Å². The monoisotopic (exact) mass is 1480 g/mol. The summed E-state index contributed by atoms with van der Waals surface area (Å²) < 4.78 is 59.1. The van der Waals surface area contributed by atoms with E-state index in [1.54, 1.807) is 14.2 Å². The molecular formula is C84H133N6O14P. The number of nitrogens with one attached hydrogen (secondary N) is 3. The number of unbranched alkanes of at least 4 members (excludes halogenated alkanes) is 8. The van der Waals surface area contributed by atoms with Gasteiger partial charge in [-0.25, -0.2) is 4.67 Å². The van der Waals surface area contributed by atoms with Gasteiger partial charge in [-0.15, -0.1) is 0 Å². The van der Waals surface area contributed by atoms with Gasteiger partial charge in [0.1, 0.15) is 28.9 Å². The summed E-state index contributed by atoms with van der Waals surface area (Å²) in [6.45, 7) is 28.9. The number of nitrogens with zero attached hydrogens (tertiary/aromatic N) is 3. The average Bonchev–Trinajstić information content (AvgIpc) is 1.27. The third kappa shape index (κ3) is 27.8. The third-order valence-electron chi connectivity index (χ3n) is 22.1. The molecule has 0 aliphatic carbocycles. The molecule has 588 valence electrons. The first-order valence-corrected chi connectivity index (χ1v) is 41.2. The Bertz CT molecular complexity index is 2970. The van der Waals surface area contributed by atoms with Crippen LogP contribution >= 0.6 is 8.53 Å². The first-order valence-electron chi connectivity index (χ1n) is 40.0. The van der Waals surface area contributed by atoms with Crippen LogP contribution in [0.5, 0.6) is 11.5 Å². The third-order valence-corrected chi connectivity index (χ3v) is 24.3. The van der Waals surface area contributed by atoms with Gasteiger partial charge in [0.15, 0.2) is 12.6 Å². The maximum absolute atomic E-state index is 14.7. The Hall–Kier alpha value is -5.59. The molecule has 0 radical (unpaired) electrons. The van der Waals surface area contributed by atoms with Crippen molar-refractivity contribution in [3.05, 3.63) is 95.6 Å². The van der Waals surface area contributed by atoms with Gasteiger partial charge in [-0.1, -0.05) is 129 Å². The van der Waals surface area contributed by atoms with Gasteiger partial charge in [0.2, 0.25) is 23.6 Å². The van der Waals surface area contributed by atoms with Crippen molar-refractivity contribution in [2.24, 2.45) is 35.5 Å². The fourth-order valence-electron chi connectivity index (χ4n) is 15.1. The molecule has 3 fully saturated rings. The average molecular weight is 1480 g/mol. The Morgan fingerprint density at radius 1 is 0.590 bits per heavy atom. The number of hydrogen-bond donors (Lipinski definition) is 3. The van der Waals surface area contributed by atoms with E-state index in [9.17, 15) is 29.2 Å². The maximum Gasteiger partial charge on any atom is 0.259 e. The van der Waals surface area contributed by atoms with E-state index in [2.05, 4.69) is 122 Å². The summed E-state index contributed by atoms with van der Waals surface area (Å²) in [6, 6.07) is 27.3. The van der Waals surface area contributed by atoms with Crippen molar-refractivity contribution < 1.29 is 66.2 Å². The molecule has 11 unspecified atom stereocenters. The normalized spacial score (nSPS) is 23.3. The number of Topliss-reactive ketones (excluding diaryl/α,β-unsaturated/α-hetero) is 1. The topological polar surface area (TPSA) is 235 Å². The molecule has 20 nitrogen and oxygen atoms in total. The summed E-state index contributed by atoms with van der Waals surface area (Å²) in [5, 5.41) is 18.6. The summed E-state index contributed by atoms with van der Waals surface area (Å²) >= 11 is 0. The van der Waals surface area contributed by atoms with E-state index in [4.69, 9.17) is 42.2 Å². The van der Waals surface area contributed by atoms with Crippen LogP contribution in [0.4, 0.5) is 0 Å². The molecule has 3 heterocycles. The number of benzene rings is 3. The number of hydrogen-bond acceptors (Lipinski definition) is 16. The number of carbonyl (C=O) groups is 5. The van der Waals surface area contributed by atoms with E-state index >= 15 is 0 Å². The van der Waals surface area contributed by atoms with Gasteiger partial charge in [-0.3, -0.25) is 24.0 Å². The minimum Gasteiger partial charge on any atom is -0.497 e. The molecule has 4 amide bonds. The lowest BCUT2D eigenvalue weighted by atomic mass is 9.78. The standard InChI is InChI=1S/C84H133N6O14P/c1-15-76-63(9)61(7)65(11)82(102-76)98-53-31-27-39-78(92)86-51-30-26-38-75(88-79(93)40-28-32-54-99-83-66(12)62(8)64(10)77(16-2)103-83)81(95)87-52-29-20-24-37-71(91)36-23-17-18-25-41-80(94)89-57-74(104-105(101-55-33-50-85)90(59(3)4)60(5)6)56-70(89)58-100-84(67-34-21-19-22-35-67,68-42-46-72(96-13)47-43-68)69-44-48-73(97-14)49-45-69/h19,21-22,34-35,42-49,59-66,70,74-77,82-83H,15-18,20,23-33,36-41,51-58H2,1-14H3,(H,86,92)(H,87,95)(H,88,93)/t61?,62?,63?,64?,65?,66?,70-,74+,75-,76?,77?,82?,83?,105?/m0/s1. The SMILES string of the molecule is CCC1OC(OCCCCC(=O)NCCCC[C@H](NC(=O)CCCCOC2OC(CC)C(C)C(C)C2C)C(=O)NCCCCCC(=O)CCCCCCC(=O)N2C[C@H](OP(OCCC#N)N(C(C)C)C(C)C)C[C@H]2COC(c2ccccc2)(c2ccc(OC)cc2)c2ccc(OC)cc2)C(C)C(C)C1C. The van der Waals surface area contributed by atoms with E-state index in [-0.39, 0.29) is 110 Å². The van der Waals surface area contributed by atoms with Crippen molar-refractivity contribution in [2.45, 2.75) is 291 Å². The summed E-state index contributed by atoms with van der Waals surface area (Å²) in [4.78, 5) is 69.8. The minimum absolute atomic E-state index is 0.0111. The highest BCUT2D eigenvalue weighted by Crippen LogP contribution is 2.50. The number of ether oxygens (including phenoxy) is 7. The lowest BCUT2D eigenvalue weighted by Crippen LogP contribution is -2.47. The predicted molar refractivity (Wildman–Crippen MR) is 414 cm³/mol. The van der Waals surface area contributed by atoms with Crippen molar-refractivity contribution in [3.63, 3.8) is 0 Å². The van der Waals surface area contributed by atoms with E-state index in [1.165, 1.54) is 0 Å². The molecule has 3 aliphatic rings. The van der Waals surface area contributed by atoms with Crippen molar-refractivity contribution in [1.29, 1.82) is 5.26 Å². The zero-order valence-corrected chi connectivity index (χ0v) is 67.3. The molecule has 0 saturated carbocycles. The highest BCUT2D eigenvalue weighted by molar-refractivity contribution is 7.44. The molecule has 6 rings (SSSR count). The number of nitriles is 1. The first-order chi connectivity index (χ1) is 50.6. The van der Waals surface area contributed by atoms with Gasteiger partial charge >= 0.3 is 0 Å². The highest BCUT2D eigenvalue weighted by Gasteiger charge is 2.45. The van der Waals surface area contributed by atoms with Gasteiger partial charge in [0.25, 0.3) is 8.53 Å². The van der Waals surface area contributed by atoms with Gasteiger partial charge in [-0.05, 0) is 182 Å². The summed E-state index contributed by atoms with van der Waals surface area (Å²) in [7, 11) is 1.71. The Labute approximate surface area is 632 Å². The lowest BCUT2D eigenvalue weighted by molar-refractivity contribution is -0.248. The molecule has 3 aliphatic heterocycles. The van der Waals surface area contributed by atoms with Gasteiger partial charge in [0, 0.05) is 88.9 Å². The van der Waals surface area contributed by atoms with Crippen LogP contribution in [0.25, 0.3) is 0 Å². The Kier molecular flexibility index (Phi) is 39.8. The summed E-state index contributed by atoms with van der Waals surface area (Å²) in [5.41, 5.74) is 1.58. The smallest absolute Gasteiger partial charge is 0.259 e. The van der Waals surface area contributed by atoms with Crippen LogP contribution in [0.2, 0.25) is 0 Å². The quantitative estimate of drug-likeness (QED) is 0.0271. The maximum atomic E-state index is 14.7. The molecule has 3 aromatic carbocycles. The zero-order valence-electron chi connectivity index (χ0n) is 66.4. The summed E-state index contributed by atoms with van der Waals surface area (Å²) in [6.07, 6.45) is 13.8. The Morgan fingerprint density at radius 2 is 1.09 bits per heavy atom. The number of methoxy groups -OCH3 is 2. The number of amides is 4. The highest BCUT2D eigenvalue weighted by atomic mass is 31.2. The van der Waals surface area contributed by atoms with Crippen LogP contribution in [-0.2, 0) is 62.3 Å². The molecule has 3 N–H and O–H groups in total. The molecule has 0 bridgehead atoms. The van der Waals surface area contributed by atoms with Crippen molar-refractivity contribution in [2.75, 3.05) is 60.3 Å². The largest absolute Gasteiger partial charge is 0.497 e. The van der Waals surface area contributed by atoms with Crippen molar-refractivity contribution >= 4 is 37.9 Å². The molecule has 21 heteroatoms. The van der Waals surface area contributed by atoms with E-state index in [0.717, 1.165) is 61.6 Å². The van der Waals surface area contributed by atoms with Crippen LogP contribution in [0.15, 0.2) is 78.9 Å². The van der Waals surface area contributed by atoms with Crippen LogP contribution < -0.4 is 25.4 Å². The zero-order chi connectivity index (χ0) is 76.3. The Morgan fingerprint density at radius 3 is 1.61 bits per heavy atom. The van der Waals surface area contributed by atoms with Gasteiger partial charge < -0.3 is 63.1 Å².